The summed E-state index contributed by atoms with van der Waals surface area (Å²) in [4.78, 5) is 0. The summed E-state index contributed by atoms with van der Waals surface area (Å²) in [6.07, 6.45) is 0.772. The quantitative estimate of drug-likeness (QED) is 0.842. The van der Waals surface area contributed by atoms with Crippen LogP contribution in [0.3, 0.4) is 0 Å². The van der Waals surface area contributed by atoms with Gasteiger partial charge in [0.25, 0.3) is 0 Å². The van der Waals surface area contributed by atoms with E-state index >= 15 is 0 Å². The van der Waals surface area contributed by atoms with Crippen LogP contribution in [0.15, 0.2) is 42.5 Å². The first-order valence-corrected chi connectivity index (χ1v) is 6.72. The lowest BCUT2D eigenvalue weighted by molar-refractivity contribution is 0.0772. The smallest absolute Gasteiger partial charge is 0.124 e. The Hall–Kier alpha value is -2.03. The molecule has 0 aliphatic carbocycles. The van der Waals surface area contributed by atoms with Crippen molar-refractivity contribution in [2.45, 2.75) is 31.8 Å². The van der Waals surface area contributed by atoms with E-state index < -0.39 is 0 Å². The molecule has 0 amide bonds. The Morgan fingerprint density at radius 2 is 1.85 bits per heavy atom. The van der Waals surface area contributed by atoms with Gasteiger partial charge in [0.1, 0.15) is 22.9 Å². The van der Waals surface area contributed by atoms with Crippen molar-refractivity contribution in [3.8, 4) is 11.5 Å². The number of rotatable bonds is 1. The van der Waals surface area contributed by atoms with Crippen molar-refractivity contribution >= 4 is 0 Å². The summed E-state index contributed by atoms with van der Waals surface area (Å²) in [5, 5.41) is 9.41. The van der Waals surface area contributed by atoms with Crippen LogP contribution in [-0.4, -0.2) is 10.7 Å². The van der Waals surface area contributed by atoms with Gasteiger partial charge in [-0.3, -0.25) is 0 Å². The highest BCUT2D eigenvalue weighted by molar-refractivity contribution is 5.45. The van der Waals surface area contributed by atoms with Gasteiger partial charge in [-0.15, -0.1) is 0 Å². The third-order valence-corrected chi connectivity index (χ3v) is 3.72. The van der Waals surface area contributed by atoms with Crippen molar-refractivity contribution in [2.75, 3.05) is 0 Å². The van der Waals surface area contributed by atoms with Crippen LogP contribution in [0.5, 0.6) is 11.5 Å². The number of ether oxygens (including phenoxy) is 1. The zero-order valence-corrected chi connectivity index (χ0v) is 11.6. The monoisotopic (exact) mass is 272 g/mol. The van der Waals surface area contributed by atoms with Crippen molar-refractivity contribution in [3.63, 3.8) is 0 Å². The second kappa shape index (κ2) is 4.51. The van der Waals surface area contributed by atoms with E-state index in [1.807, 2.05) is 26.0 Å². The zero-order chi connectivity index (χ0) is 14.3. The topological polar surface area (TPSA) is 29.5 Å². The minimum absolute atomic E-state index is 0.0741. The number of phenolic OH excluding ortho intramolecular Hbond substituents is 1. The molecule has 3 heteroatoms. The zero-order valence-electron chi connectivity index (χ0n) is 11.6. The molecule has 1 atom stereocenters. The predicted octanol–water partition coefficient (Wildman–Crippen LogP) is 4.22. The van der Waals surface area contributed by atoms with Gasteiger partial charge in [0.15, 0.2) is 0 Å². The van der Waals surface area contributed by atoms with Crippen molar-refractivity contribution in [1.82, 2.24) is 0 Å². The highest BCUT2D eigenvalue weighted by Crippen LogP contribution is 2.44. The molecule has 0 bridgehead atoms. The minimum Gasteiger partial charge on any atom is -0.508 e. The molecular weight excluding hydrogens is 255 g/mol. The molecule has 0 aromatic heterocycles. The van der Waals surface area contributed by atoms with Gasteiger partial charge in [-0.2, -0.15) is 0 Å². The minimum atomic E-state index is -0.298. The third-order valence-electron chi connectivity index (χ3n) is 3.72. The Labute approximate surface area is 117 Å². The van der Waals surface area contributed by atoms with Crippen LogP contribution in [0.4, 0.5) is 4.39 Å². The molecule has 0 saturated carbocycles. The molecule has 3 rings (SSSR count). The van der Waals surface area contributed by atoms with E-state index in [1.165, 1.54) is 6.07 Å². The summed E-state index contributed by atoms with van der Waals surface area (Å²) in [5.74, 6) is 0.793. The van der Waals surface area contributed by atoms with Crippen molar-refractivity contribution in [1.29, 1.82) is 0 Å². The van der Waals surface area contributed by atoms with E-state index in [1.54, 1.807) is 24.3 Å². The van der Waals surface area contributed by atoms with Crippen molar-refractivity contribution < 1.29 is 14.2 Å². The molecule has 104 valence electrons. The average molecular weight is 272 g/mol. The molecular formula is C17H17FO2. The van der Waals surface area contributed by atoms with Crippen molar-refractivity contribution in [3.05, 3.63) is 59.4 Å². The molecule has 0 spiro atoms. The number of benzene rings is 2. The average Bonchev–Trinajstić information content (AvgIpc) is 2.39. The van der Waals surface area contributed by atoms with Gasteiger partial charge in [0.2, 0.25) is 0 Å². The number of phenols is 1. The van der Waals surface area contributed by atoms with Gasteiger partial charge in [0.05, 0.1) is 0 Å². The lowest BCUT2D eigenvalue weighted by Gasteiger charge is -2.38. The first kappa shape index (κ1) is 13.0. The lowest BCUT2D eigenvalue weighted by Crippen LogP contribution is -2.35. The van der Waals surface area contributed by atoms with Crippen LogP contribution in [0, 0.1) is 5.82 Å². The SMILES string of the molecule is CC1(C)CC(c2ccc(O)cc2)c2cc(F)ccc2O1. The Kier molecular flexibility index (Phi) is 2.93. The van der Waals surface area contributed by atoms with Crippen LogP contribution in [0.2, 0.25) is 0 Å². The second-order valence-electron chi connectivity index (χ2n) is 5.89. The molecule has 2 nitrogen and oxygen atoms in total. The molecule has 1 N–H and O–H groups in total. The van der Waals surface area contributed by atoms with E-state index in [-0.39, 0.29) is 23.1 Å². The van der Waals surface area contributed by atoms with Crippen LogP contribution < -0.4 is 4.74 Å². The van der Waals surface area contributed by atoms with E-state index in [0.29, 0.717) is 0 Å². The van der Waals surface area contributed by atoms with Gasteiger partial charge >= 0.3 is 0 Å². The fourth-order valence-electron chi connectivity index (χ4n) is 2.83. The Balaban J connectivity index is 2.10. The molecule has 1 heterocycles. The number of hydrogen-bond acceptors (Lipinski definition) is 2. The molecule has 20 heavy (non-hydrogen) atoms. The van der Waals surface area contributed by atoms with Gasteiger partial charge in [0, 0.05) is 11.5 Å². The Morgan fingerprint density at radius 3 is 2.55 bits per heavy atom. The van der Waals surface area contributed by atoms with Gasteiger partial charge in [-0.05, 0) is 56.2 Å². The molecule has 1 unspecified atom stereocenters. The van der Waals surface area contributed by atoms with Gasteiger partial charge in [-0.1, -0.05) is 12.1 Å². The number of fused-ring (bicyclic) bond motifs is 1. The largest absolute Gasteiger partial charge is 0.508 e. The predicted molar refractivity (Wildman–Crippen MR) is 75.7 cm³/mol. The number of hydrogen-bond donors (Lipinski definition) is 1. The molecule has 2 aromatic carbocycles. The summed E-state index contributed by atoms with van der Waals surface area (Å²) in [7, 11) is 0. The summed E-state index contributed by atoms with van der Waals surface area (Å²) < 4.78 is 19.5. The van der Waals surface area contributed by atoms with Gasteiger partial charge < -0.3 is 9.84 Å². The molecule has 1 aliphatic rings. The maximum Gasteiger partial charge on any atom is 0.124 e. The number of halogens is 1. The van der Waals surface area contributed by atoms with Crippen LogP contribution in [0.1, 0.15) is 37.3 Å². The fraction of sp³-hybridized carbons (Fsp3) is 0.294. The first-order valence-electron chi connectivity index (χ1n) is 6.72. The molecule has 0 saturated heterocycles. The van der Waals surface area contributed by atoms with Gasteiger partial charge in [-0.25, -0.2) is 4.39 Å². The van der Waals surface area contributed by atoms with Crippen molar-refractivity contribution in [2.24, 2.45) is 0 Å². The normalized spacial score (nSPS) is 20.1. The maximum atomic E-state index is 13.5. The van der Waals surface area contributed by atoms with E-state index in [4.69, 9.17) is 4.74 Å². The summed E-state index contributed by atoms with van der Waals surface area (Å²) in [6.45, 7) is 4.07. The fourth-order valence-corrected chi connectivity index (χ4v) is 2.83. The summed E-state index contributed by atoms with van der Waals surface area (Å²) in [6, 6.07) is 11.8. The van der Waals surface area contributed by atoms with E-state index in [9.17, 15) is 9.50 Å². The Morgan fingerprint density at radius 1 is 1.15 bits per heavy atom. The van der Waals surface area contributed by atoms with E-state index in [0.717, 1.165) is 23.3 Å². The summed E-state index contributed by atoms with van der Waals surface area (Å²) >= 11 is 0. The summed E-state index contributed by atoms with van der Waals surface area (Å²) in [5.41, 5.74) is 1.63. The molecule has 1 aliphatic heterocycles. The molecule has 2 aromatic rings. The lowest BCUT2D eigenvalue weighted by atomic mass is 9.80. The van der Waals surface area contributed by atoms with Crippen LogP contribution in [-0.2, 0) is 0 Å². The highest BCUT2D eigenvalue weighted by atomic mass is 19.1. The molecule has 0 radical (unpaired) electrons. The molecule has 0 fully saturated rings. The highest BCUT2D eigenvalue weighted by Gasteiger charge is 2.34. The van der Waals surface area contributed by atoms with E-state index in [2.05, 4.69) is 0 Å². The van der Waals surface area contributed by atoms with Crippen LogP contribution >= 0.6 is 0 Å². The van der Waals surface area contributed by atoms with Crippen LogP contribution in [0.25, 0.3) is 0 Å². The third kappa shape index (κ3) is 2.36. The Bertz CT molecular complexity index is 632. The maximum absolute atomic E-state index is 13.5. The second-order valence-corrected chi connectivity index (χ2v) is 5.89. The standard InChI is InChI=1S/C17H17FO2/c1-17(2)10-15(11-3-6-13(19)7-4-11)14-9-12(18)5-8-16(14)20-17/h3-9,15,19H,10H2,1-2H3. The number of aromatic hydroxyl groups is 1. The first-order chi connectivity index (χ1) is 9.44.